The molecule has 23 heavy (non-hydrogen) atoms. The van der Waals surface area contributed by atoms with Crippen LogP contribution < -0.4 is 10.6 Å². The molecule has 4 heteroatoms. The normalized spacial score (nSPS) is 13.3. The van der Waals surface area contributed by atoms with Gasteiger partial charge in [-0.2, -0.15) is 5.10 Å². The minimum absolute atomic E-state index is 0.0353. The second kappa shape index (κ2) is 7.64. The Morgan fingerprint density at radius 3 is 2.39 bits per heavy atom. The Morgan fingerprint density at radius 1 is 1.13 bits per heavy atom. The molecule has 0 saturated heterocycles. The van der Waals surface area contributed by atoms with Crippen molar-refractivity contribution in [2.45, 2.75) is 52.7 Å². The van der Waals surface area contributed by atoms with Crippen molar-refractivity contribution in [2.24, 2.45) is 5.92 Å². The lowest BCUT2D eigenvalue weighted by molar-refractivity contribution is 0.355. The van der Waals surface area contributed by atoms with Crippen LogP contribution >= 0.6 is 0 Å². The van der Waals surface area contributed by atoms with Crippen molar-refractivity contribution in [1.82, 2.24) is 15.1 Å². The fourth-order valence-electron chi connectivity index (χ4n) is 2.39. The predicted octanol–water partition coefficient (Wildman–Crippen LogP) is 3.86. The number of para-hydroxylation sites is 1. The standard InChI is InChI=1S/C19H30N4/c1-15(2)18(22-17-9-7-6-8-10-17)13-20-11-16-12-21-23(14-16)19(3,4)5/h6-10,12,14-15,18,20,22H,11,13H2,1-5H3. The van der Waals surface area contributed by atoms with Gasteiger partial charge in [0, 0.05) is 36.6 Å². The minimum atomic E-state index is 0.0353. The molecule has 2 rings (SSSR count). The first kappa shape index (κ1) is 17.5. The van der Waals surface area contributed by atoms with E-state index < -0.39 is 0 Å². The van der Waals surface area contributed by atoms with Gasteiger partial charge in [-0.25, -0.2) is 0 Å². The Kier molecular flexibility index (Phi) is 5.83. The lowest BCUT2D eigenvalue weighted by Crippen LogP contribution is -2.36. The van der Waals surface area contributed by atoms with Crippen molar-refractivity contribution >= 4 is 5.69 Å². The molecule has 0 radical (unpaired) electrons. The maximum atomic E-state index is 4.45. The third kappa shape index (κ3) is 5.39. The molecule has 1 unspecified atom stereocenters. The van der Waals surface area contributed by atoms with Crippen LogP contribution in [-0.4, -0.2) is 22.4 Å². The summed E-state index contributed by atoms with van der Waals surface area (Å²) in [5.41, 5.74) is 2.43. The summed E-state index contributed by atoms with van der Waals surface area (Å²) in [6, 6.07) is 10.8. The van der Waals surface area contributed by atoms with Crippen molar-refractivity contribution in [3.8, 4) is 0 Å². The number of rotatable bonds is 7. The van der Waals surface area contributed by atoms with Gasteiger partial charge in [-0.05, 0) is 38.8 Å². The number of nitrogens with zero attached hydrogens (tertiary/aromatic N) is 2. The molecule has 0 amide bonds. The van der Waals surface area contributed by atoms with Crippen molar-refractivity contribution < 1.29 is 0 Å². The highest BCUT2D eigenvalue weighted by Gasteiger charge is 2.15. The SMILES string of the molecule is CC(C)C(CNCc1cnn(C(C)(C)C)c1)Nc1ccccc1. The average molecular weight is 314 g/mol. The Hall–Kier alpha value is -1.81. The maximum Gasteiger partial charge on any atom is 0.0543 e. The van der Waals surface area contributed by atoms with Gasteiger partial charge >= 0.3 is 0 Å². The number of hydrogen-bond donors (Lipinski definition) is 2. The molecule has 0 fully saturated rings. The summed E-state index contributed by atoms with van der Waals surface area (Å²) in [5, 5.41) is 11.6. The minimum Gasteiger partial charge on any atom is -0.381 e. The van der Waals surface area contributed by atoms with Crippen LogP contribution in [-0.2, 0) is 12.1 Å². The number of anilines is 1. The summed E-state index contributed by atoms with van der Waals surface area (Å²) in [7, 11) is 0. The van der Waals surface area contributed by atoms with E-state index in [4.69, 9.17) is 0 Å². The molecule has 0 aliphatic rings. The zero-order valence-corrected chi connectivity index (χ0v) is 15.0. The Labute approximate surface area is 140 Å². The van der Waals surface area contributed by atoms with E-state index in [9.17, 15) is 0 Å². The predicted molar refractivity (Wildman–Crippen MR) is 97.6 cm³/mol. The molecule has 126 valence electrons. The maximum absolute atomic E-state index is 4.45. The summed E-state index contributed by atoms with van der Waals surface area (Å²) < 4.78 is 2.02. The lowest BCUT2D eigenvalue weighted by Gasteiger charge is -2.24. The number of hydrogen-bond acceptors (Lipinski definition) is 3. The summed E-state index contributed by atoms with van der Waals surface area (Å²) in [6.07, 6.45) is 4.08. The third-order valence-electron chi connectivity index (χ3n) is 3.95. The van der Waals surface area contributed by atoms with Gasteiger partial charge in [0.05, 0.1) is 11.7 Å². The molecule has 2 N–H and O–H groups in total. The third-order valence-corrected chi connectivity index (χ3v) is 3.95. The zero-order chi connectivity index (χ0) is 16.9. The lowest BCUT2D eigenvalue weighted by atomic mass is 10.0. The Balaban J connectivity index is 1.86. The Morgan fingerprint density at radius 2 is 1.83 bits per heavy atom. The first-order valence-electron chi connectivity index (χ1n) is 8.42. The molecule has 0 saturated carbocycles. The smallest absolute Gasteiger partial charge is 0.0543 e. The van der Waals surface area contributed by atoms with Crippen molar-refractivity contribution in [3.05, 3.63) is 48.3 Å². The first-order chi connectivity index (χ1) is 10.9. The van der Waals surface area contributed by atoms with Gasteiger partial charge in [-0.15, -0.1) is 0 Å². The largest absolute Gasteiger partial charge is 0.381 e. The molecule has 1 aromatic carbocycles. The highest BCUT2D eigenvalue weighted by molar-refractivity contribution is 5.43. The molecule has 4 nitrogen and oxygen atoms in total. The van der Waals surface area contributed by atoms with Gasteiger partial charge in [-0.3, -0.25) is 4.68 Å². The van der Waals surface area contributed by atoms with Crippen molar-refractivity contribution in [1.29, 1.82) is 0 Å². The van der Waals surface area contributed by atoms with Crippen LogP contribution in [0.2, 0.25) is 0 Å². The van der Waals surface area contributed by atoms with Crippen LogP contribution in [0.15, 0.2) is 42.7 Å². The number of nitrogens with one attached hydrogen (secondary N) is 2. The first-order valence-corrected chi connectivity index (χ1v) is 8.42. The van der Waals surface area contributed by atoms with Gasteiger partial charge in [0.1, 0.15) is 0 Å². The van der Waals surface area contributed by atoms with E-state index in [2.05, 4.69) is 80.8 Å². The van der Waals surface area contributed by atoms with E-state index in [1.54, 1.807) is 0 Å². The van der Waals surface area contributed by atoms with Gasteiger partial charge in [0.15, 0.2) is 0 Å². The quantitative estimate of drug-likeness (QED) is 0.815. The zero-order valence-electron chi connectivity index (χ0n) is 15.0. The fourth-order valence-corrected chi connectivity index (χ4v) is 2.39. The Bertz CT molecular complexity index is 581. The van der Waals surface area contributed by atoms with Gasteiger partial charge < -0.3 is 10.6 Å². The van der Waals surface area contributed by atoms with E-state index >= 15 is 0 Å². The van der Waals surface area contributed by atoms with Crippen LogP contribution in [0.4, 0.5) is 5.69 Å². The van der Waals surface area contributed by atoms with E-state index in [1.165, 1.54) is 11.3 Å². The van der Waals surface area contributed by atoms with Crippen LogP contribution in [0.5, 0.6) is 0 Å². The van der Waals surface area contributed by atoms with E-state index in [-0.39, 0.29) is 5.54 Å². The molecule has 1 aromatic heterocycles. The van der Waals surface area contributed by atoms with Crippen LogP contribution in [0.25, 0.3) is 0 Å². The molecule has 1 heterocycles. The van der Waals surface area contributed by atoms with Crippen molar-refractivity contribution in [3.63, 3.8) is 0 Å². The fraction of sp³-hybridized carbons (Fsp3) is 0.526. The van der Waals surface area contributed by atoms with Crippen LogP contribution in [0.3, 0.4) is 0 Å². The van der Waals surface area contributed by atoms with Crippen LogP contribution in [0.1, 0.15) is 40.2 Å². The van der Waals surface area contributed by atoms with E-state index in [0.29, 0.717) is 12.0 Å². The average Bonchev–Trinajstić information content (AvgIpc) is 2.96. The molecule has 2 aromatic rings. The van der Waals surface area contributed by atoms with Crippen molar-refractivity contribution in [2.75, 3.05) is 11.9 Å². The second-order valence-corrected chi connectivity index (χ2v) is 7.46. The molecular weight excluding hydrogens is 284 g/mol. The number of benzene rings is 1. The molecule has 0 aliphatic heterocycles. The van der Waals surface area contributed by atoms with E-state index in [1.807, 2.05) is 16.9 Å². The van der Waals surface area contributed by atoms with Gasteiger partial charge in [-0.1, -0.05) is 32.0 Å². The topological polar surface area (TPSA) is 41.9 Å². The van der Waals surface area contributed by atoms with Crippen LogP contribution in [0, 0.1) is 5.92 Å². The molecule has 1 atom stereocenters. The molecule has 0 aliphatic carbocycles. The number of aromatic nitrogens is 2. The summed E-state index contributed by atoms with van der Waals surface area (Å²) in [5.74, 6) is 0.556. The highest BCUT2D eigenvalue weighted by atomic mass is 15.3. The molecule has 0 bridgehead atoms. The monoisotopic (exact) mass is 314 g/mol. The summed E-state index contributed by atoms with van der Waals surface area (Å²) in [6.45, 7) is 12.8. The van der Waals surface area contributed by atoms with Gasteiger partial charge in [0.2, 0.25) is 0 Å². The highest BCUT2D eigenvalue weighted by Crippen LogP contribution is 2.14. The second-order valence-electron chi connectivity index (χ2n) is 7.46. The summed E-state index contributed by atoms with van der Waals surface area (Å²) >= 11 is 0. The van der Waals surface area contributed by atoms with Gasteiger partial charge in [0.25, 0.3) is 0 Å². The molecular formula is C19H30N4. The summed E-state index contributed by atoms with van der Waals surface area (Å²) in [4.78, 5) is 0. The molecule has 0 spiro atoms. The van der Waals surface area contributed by atoms with E-state index in [0.717, 1.165) is 13.1 Å².